The van der Waals surface area contributed by atoms with Crippen molar-refractivity contribution in [3.63, 3.8) is 0 Å². The zero-order valence-electron chi connectivity index (χ0n) is 10.1. The van der Waals surface area contributed by atoms with Crippen LogP contribution in [-0.4, -0.2) is 23.8 Å². The second-order valence-electron chi connectivity index (χ2n) is 5.04. The fourth-order valence-electron chi connectivity index (χ4n) is 1.92. The molecule has 15 heavy (non-hydrogen) atoms. The smallest absolute Gasteiger partial charge is 0.252 e. The lowest BCUT2D eigenvalue weighted by Crippen LogP contribution is -2.37. The summed E-state index contributed by atoms with van der Waals surface area (Å²) in [6.07, 6.45) is 2.72. The molecule has 0 unspecified atom stereocenters. The van der Waals surface area contributed by atoms with Gasteiger partial charge in [0.05, 0.1) is 0 Å². The van der Waals surface area contributed by atoms with Gasteiger partial charge >= 0.3 is 0 Å². The van der Waals surface area contributed by atoms with Gasteiger partial charge in [0, 0.05) is 6.54 Å². The largest absolute Gasteiger partial charge is 0.281 e. The van der Waals surface area contributed by atoms with E-state index in [1.54, 1.807) is 0 Å². The fourth-order valence-corrected chi connectivity index (χ4v) is 1.92. The minimum absolute atomic E-state index is 0.0479. The number of hydrogen-bond acceptors (Lipinski definition) is 2. The van der Waals surface area contributed by atoms with Crippen LogP contribution in [0.2, 0.25) is 0 Å². The van der Waals surface area contributed by atoms with Crippen molar-refractivity contribution in [1.82, 2.24) is 4.90 Å². The van der Waals surface area contributed by atoms with Crippen molar-refractivity contribution in [2.75, 3.05) is 6.54 Å². The molecule has 0 fully saturated rings. The van der Waals surface area contributed by atoms with Gasteiger partial charge in [0.1, 0.15) is 0 Å². The Morgan fingerprint density at radius 3 is 2.33 bits per heavy atom. The van der Waals surface area contributed by atoms with E-state index in [4.69, 9.17) is 0 Å². The molecule has 0 radical (unpaired) electrons. The second-order valence-corrected chi connectivity index (χ2v) is 5.04. The SMILES string of the molecule is C=CC(=O)N(C=O)CC(C)(C)CC(C)C. The maximum absolute atomic E-state index is 11.3. The predicted molar refractivity (Wildman–Crippen MR) is 61.2 cm³/mol. The summed E-state index contributed by atoms with van der Waals surface area (Å²) in [5.74, 6) is 0.217. The molecule has 0 rings (SSSR count). The van der Waals surface area contributed by atoms with Crippen LogP contribution < -0.4 is 0 Å². The van der Waals surface area contributed by atoms with E-state index in [0.717, 1.165) is 6.42 Å². The summed E-state index contributed by atoms with van der Waals surface area (Å²) in [6, 6.07) is 0. The van der Waals surface area contributed by atoms with Gasteiger partial charge in [-0.15, -0.1) is 0 Å². The van der Waals surface area contributed by atoms with Crippen molar-refractivity contribution in [3.8, 4) is 0 Å². The number of rotatable bonds is 6. The van der Waals surface area contributed by atoms with E-state index in [1.165, 1.54) is 11.0 Å². The van der Waals surface area contributed by atoms with Crippen molar-refractivity contribution < 1.29 is 9.59 Å². The molecule has 0 N–H and O–H groups in total. The lowest BCUT2D eigenvalue weighted by molar-refractivity contribution is -0.136. The summed E-state index contributed by atoms with van der Waals surface area (Å²) in [5.41, 5.74) is -0.0479. The molecule has 0 heterocycles. The molecule has 0 aliphatic carbocycles. The second kappa shape index (κ2) is 5.69. The highest BCUT2D eigenvalue weighted by molar-refractivity contribution is 5.94. The van der Waals surface area contributed by atoms with Crippen LogP contribution in [0.4, 0.5) is 0 Å². The molecule has 0 aliphatic heterocycles. The Hall–Kier alpha value is -1.12. The minimum atomic E-state index is -0.332. The molecule has 0 aromatic heterocycles. The zero-order valence-corrected chi connectivity index (χ0v) is 10.1. The maximum Gasteiger partial charge on any atom is 0.252 e. The summed E-state index contributed by atoms with van der Waals surface area (Å²) in [7, 11) is 0. The van der Waals surface area contributed by atoms with Crippen LogP contribution in [0.1, 0.15) is 34.1 Å². The van der Waals surface area contributed by atoms with Gasteiger partial charge in [-0.25, -0.2) is 0 Å². The van der Waals surface area contributed by atoms with E-state index >= 15 is 0 Å². The molecule has 0 bridgehead atoms. The van der Waals surface area contributed by atoms with Crippen LogP contribution in [0.15, 0.2) is 12.7 Å². The summed E-state index contributed by atoms with van der Waals surface area (Å²) in [6.45, 7) is 12.2. The molecule has 3 heteroatoms. The molecule has 0 saturated heterocycles. The first-order valence-corrected chi connectivity index (χ1v) is 5.20. The Morgan fingerprint density at radius 2 is 2.00 bits per heavy atom. The van der Waals surface area contributed by atoms with Crippen LogP contribution in [0.25, 0.3) is 0 Å². The molecular weight excluding hydrogens is 190 g/mol. The molecule has 0 spiro atoms. The van der Waals surface area contributed by atoms with Gasteiger partial charge in [-0.3, -0.25) is 14.5 Å². The van der Waals surface area contributed by atoms with Crippen LogP contribution >= 0.6 is 0 Å². The first-order chi connectivity index (χ1) is 6.82. The lowest BCUT2D eigenvalue weighted by Gasteiger charge is -2.30. The van der Waals surface area contributed by atoms with E-state index in [2.05, 4.69) is 34.3 Å². The van der Waals surface area contributed by atoms with Crippen LogP contribution in [0, 0.1) is 11.3 Å². The minimum Gasteiger partial charge on any atom is -0.281 e. The number of carbonyl (C=O) groups is 2. The topological polar surface area (TPSA) is 37.4 Å². The number of nitrogens with zero attached hydrogens (tertiary/aromatic N) is 1. The zero-order chi connectivity index (χ0) is 12.1. The quantitative estimate of drug-likeness (QED) is 0.499. The third-order valence-electron chi connectivity index (χ3n) is 2.14. The van der Waals surface area contributed by atoms with Crippen LogP contribution in [0.5, 0.6) is 0 Å². The third-order valence-corrected chi connectivity index (χ3v) is 2.14. The molecular formula is C12H21NO2. The number of amides is 2. The molecule has 0 aromatic rings. The highest BCUT2D eigenvalue weighted by atomic mass is 16.2. The van der Waals surface area contributed by atoms with Gasteiger partial charge in [0.25, 0.3) is 5.91 Å². The standard InChI is InChI=1S/C12H21NO2/c1-6-11(15)13(9-14)8-12(4,5)7-10(2)3/h6,9-10H,1,7-8H2,2-5H3. The molecule has 0 aromatic carbocycles. The average molecular weight is 211 g/mol. The number of imide groups is 1. The Morgan fingerprint density at radius 1 is 1.47 bits per heavy atom. The van der Waals surface area contributed by atoms with E-state index in [0.29, 0.717) is 18.9 Å². The highest BCUT2D eigenvalue weighted by Crippen LogP contribution is 2.26. The number of carbonyl (C=O) groups excluding carboxylic acids is 2. The Labute approximate surface area is 92.1 Å². The van der Waals surface area contributed by atoms with Crippen LogP contribution in [-0.2, 0) is 9.59 Å². The van der Waals surface area contributed by atoms with Crippen molar-refractivity contribution in [3.05, 3.63) is 12.7 Å². The van der Waals surface area contributed by atoms with Crippen molar-refractivity contribution in [2.45, 2.75) is 34.1 Å². The van der Waals surface area contributed by atoms with Crippen molar-refractivity contribution in [1.29, 1.82) is 0 Å². The average Bonchev–Trinajstić information content (AvgIpc) is 2.11. The summed E-state index contributed by atoms with van der Waals surface area (Å²) in [4.78, 5) is 23.2. The number of hydrogen-bond donors (Lipinski definition) is 0. The van der Waals surface area contributed by atoms with Gasteiger partial charge in [-0.05, 0) is 23.8 Å². The van der Waals surface area contributed by atoms with Gasteiger partial charge in [-0.1, -0.05) is 34.3 Å². The van der Waals surface area contributed by atoms with E-state index in [1.807, 2.05) is 0 Å². The summed E-state index contributed by atoms with van der Waals surface area (Å²) < 4.78 is 0. The normalized spacial score (nSPS) is 11.3. The van der Waals surface area contributed by atoms with Gasteiger partial charge < -0.3 is 0 Å². The lowest BCUT2D eigenvalue weighted by atomic mass is 9.83. The Balaban J connectivity index is 4.45. The Bertz CT molecular complexity index is 244. The maximum atomic E-state index is 11.3. The molecule has 0 atom stereocenters. The molecule has 0 saturated carbocycles. The summed E-state index contributed by atoms with van der Waals surface area (Å²) in [5, 5.41) is 0. The van der Waals surface area contributed by atoms with Crippen LogP contribution in [0.3, 0.4) is 0 Å². The Kier molecular flexibility index (Phi) is 5.26. The van der Waals surface area contributed by atoms with Crippen molar-refractivity contribution >= 4 is 12.3 Å². The fraction of sp³-hybridized carbons (Fsp3) is 0.667. The molecule has 2 amide bonds. The monoisotopic (exact) mass is 211 g/mol. The van der Waals surface area contributed by atoms with E-state index in [9.17, 15) is 9.59 Å². The predicted octanol–water partition coefficient (Wildman–Crippen LogP) is 2.23. The highest BCUT2D eigenvalue weighted by Gasteiger charge is 2.24. The van der Waals surface area contributed by atoms with E-state index in [-0.39, 0.29) is 11.3 Å². The summed E-state index contributed by atoms with van der Waals surface area (Å²) >= 11 is 0. The van der Waals surface area contributed by atoms with Gasteiger partial charge in [0.2, 0.25) is 6.41 Å². The van der Waals surface area contributed by atoms with Gasteiger partial charge in [-0.2, -0.15) is 0 Å². The molecule has 86 valence electrons. The third kappa shape index (κ3) is 5.35. The first-order valence-electron chi connectivity index (χ1n) is 5.20. The first kappa shape index (κ1) is 13.9. The van der Waals surface area contributed by atoms with Gasteiger partial charge in [0.15, 0.2) is 0 Å². The molecule has 0 aliphatic rings. The van der Waals surface area contributed by atoms with Crippen molar-refractivity contribution in [2.24, 2.45) is 11.3 Å². The van der Waals surface area contributed by atoms with E-state index < -0.39 is 0 Å². The molecule has 3 nitrogen and oxygen atoms in total.